The van der Waals surface area contributed by atoms with E-state index in [2.05, 4.69) is 118 Å². The smallest absolute Gasteiger partial charge is 0.462 e. The Morgan fingerprint density at radius 1 is 0.405 bits per heavy atom. The van der Waals surface area contributed by atoms with Gasteiger partial charge in [-0.05, 0) is 103 Å². The summed E-state index contributed by atoms with van der Waals surface area (Å²) in [6.07, 6.45) is 70.1. The van der Waals surface area contributed by atoms with Crippen LogP contribution in [-0.4, -0.2) is 66.5 Å². The third-order valence-corrected chi connectivity index (χ3v) is 11.7. The van der Waals surface area contributed by atoms with Gasteiger partial charge in [0.25, 0.3) is 0 Å². The minimum absolute atomic E-state index is 0.0705. The van der Waals surface area contributed by atoms with E-state index < -0.39 is 64.4 Å². The average molecular weight is 1050 g/mol. The molecule has 416 valence electrons. The van der Waals surface area contributed by atoms with Crippen molar-refractivity contribution in [1.82, 2.24) is 0 Å². The van der Waals surface area contributed by atoms with Crippen LogP contribution in [0.5, 0.6) is 0 Å². The summed E-state index contributed by atoms with van der Waals surface area (Å²) in [6.45, 7) is 4.13. The third kappa shape index (κ3) is 52.2. The molecule has 0 heterocycles. The number of aliphatic hydroxyl groups excluding tert-OH is 1. The molecule has 0 saturated carbocycles. The number of hydrogen-bond acceptors (Lipinski definition) is 10. The van der Waals surface area contributed by atoms with Crippen molar-refractivity contribution in [3.8, 4) is 0 Å². The molecule has 0 aromatic heterocycles. The van der Waals surface area contributed by atoms with Gasteiger partial charge in [-0.2, -0.15) is 0 Å². The highest BCUT2D eigenvalue weighted by Crippen LogP contribution is 2.43. The highest BCUT2D eigenvalue weighted by atomic mass is 31.2. The number of carbonyl (C=O) groups excluding carboxylic acids is 3. The standard InChI is InChI=1S/C62H97O11P/c1-4-7-10-13-16-19-22-25-28-29-32-33-36-39-42-45-48-51-60(64)69-55-59(73-62(66)53-50-47-44-41-38-35-31-27-24-21-18-15-12-9-6-3)57-71-74(67,68)70-56-58(54-63)72-61(65)52-49-46-43-40-37-34-30-26-23-20-17-14-11-8-5-2/h8-9,11-12,16-21,25-28,30-31,37-38,40-41,46-47,49-50,58-59,63H,4-7,10,13-15,22-24,29,32-36,39,42-45,48,51-57H2,1-3H3,(H,67,68)/b11-8-,12-9-,19-16-,20-17-,21-18-,28-25-,30-26-,31-27-,40-37-,41-38-,49-46-,50-47-. The van der Waals surface area contributed by atoms with Crippen molar-refractivity contribution in [2.75, 3.05) is 26.4 Å². The van der Waals surface area contributed by atoms with E-state index in [9.17, 15) is 28.9 Å². The van der Waals surface area contributed by atoms with Crippen molar-refractivity contribution in [2.24, 2.45) is 0 Å². The van der Waals surface area contributed by atoms with Crippen molar-refractivity contribution in [1.29, 1.82) is 0 Å². The number of rotatable bonds is 49. The normalized spacial score (nSPS) is 14.5. The Labute approximate surface area is 448 Å². The van der Waals surface area contributed by atoms with Gasteiger partial charge in [-0.3, -0.25) is 23.4 Å². The van der Waals surface area contributed by atoms with Gasteiger partial charge in [0.15, 0.2) is 6.10 Å². The van der Waals surface area contributed by atoms with Crippen LogP contribution in [0.4, 0.5) is 0 Å². The predicted molar refractivity (Wildman–Crippen MR) is 306 cm³/mol. The quantitative estimate of drug-likeness (QED) is 0.0197. The van der Waals surface area contributed by atoms with Crippen LogP contribution in [0.15, 0.2) is 146 Å². The molecule has 3 unspecified atom stereocenters. The lowest BCUT2D eigenvalue weighted by molar-refractivity contribution is -0.160. The van der Waals surface area contributed by atoms with Crippen molar-refractivity contribution >= 4 is 25.7 Å². The molecular weight excluding hydrogens is 952 g/mol. The maximum absolute atomic E-state index is 12.9. The number of unbranched alkanes of at least 4 members (excludes halogenated alkanes) is 10. The summed E-state index contributed by atoms with van der Waals surface area (Å²) in [6, 6.07) is 0. The number of phosphoric acid groups is 1. The molecule has 0 spiro atoms. The summed E-state index contributed by atoms with van der Waals surface area (Å²) >= 11 is 0. The van der Waals surface area contributed by atoms with Gasteiger partial charge in [-0.15, -0.1) is 0 Å². The van der Waals surface area contributed by atoms with Crippen LogP contribution in [0.3, 0.4) is 0 Å². The minimum atomic E-state index is -4.81. The van der Waals surface area contributed by atoms with Crippen molar-refractivity contribution < 1.29 is 52.2 Å². The Balaban J connectivity index is 4.95. The maximum Gasteiger partial charge on any atom is 0.472 e. The van der Waals surface area contributed by atoms with Gasteiger partial charge in [0.1, 0.15) is 12.7 Å². The molecule has 0 rings (SSSR count). The number of aliphatic hydroxyl groups is 1. The highest BCUT2D eigenvalue weighted by molar-refractivity contribution is 7.47. The zero-order valence-electron chi connectivity index (χ0n) is 45.7. The lowest BCUT2D eigenvalue weighted by Gasteiger charge is -2.21. The fraction of sp³-hybridized carbons (Fsp3) is 0.565. The Bertz CT molecular complexity index is 1800. The van der Waals surface area contributed by atoms with E-state index in [1.165, 1.54) is 38.5 Å². The van der Waals surface area contributed by atoms with E-state index in [0.717, 1.165) is 89.9 Å². The van der Waals surface area contributed by atoms with Crippen molar-refractivity contribution in [3.05, 3.63) is 146 Å². The summed E-state index contributed by atoms with van der Waals surface area (Å²) in [5.41, 5.74) is 0. The van der Waals surface area contributed by atoms with Gasteiger partial charge < -0.3 is 24.2 Å². The molecule has 0 bridgehead atoms. The largest absolute Gasteiger partial charge is 0.472 e. The van der Waals surface area contributed by atoms with Crippen LogP contribution in [0.25, 0.3) is 0 Å². The monoisotopic (exact) mass is 1050 g/mol. The Morgan fingerprint density at radius 3 is 1.15 bits per heavy atom. The number of allylic oxidation sites excluding steroid dienone is 22. The summed E-state index contributed by atoms with van der Waals surface area (Å²) < 4.78 is 39.2. The molecule has 2 N–H and O–H groups in total. The van der Waals surface area contributed by atoms with Gasteiger partial charge in [0.2, 0.25) is 0 Å². The van der Waals surface area contributed by atoms with E-state index in [-0.39, 0.29) is 19.3 Å². The first-order valence-electron chi connectivity index (χ1n) is 27.7. The van der Waals surface area contributed by atoms with Gasteiger partial charge in [-0.25, -0.2) is 4.57 Å². The lowest BCUT2D eigenvalue weighted by Crippen LogP contribution is -2.30. The van der Waals surface area contributed by atoms with E-state index in [0.29, 0.717) is 19.3 Å². The van der Waals surface area contributed by atoms with Crippen LogP contribution in [0.1, 0.15) is 188 Å². The highest BCUT2D eigenvalue weighted by Gasteiger charge is 2.28. The molecule has 74 heavy (non-hydrogen) atoms. The van der Waals surface area contributed by atoms with Crippen molar-refractivity contribution in [2.45, 2.75) is 200 Å². The Hall–Kier alpha value is -4.64. The molecular formula is C62H97O11P. The molecule has 0 aliphatic heterocycles. The summed E-state index contributed by atoms with van der Waals surface area (Å²) in [7, 11) is -4.81. The van der Waals surface area contributed by atoms with E-state index >= 15 is 0 Å². The SMILES string of the molecule is CC/C=C\C/C=C\C/C=C\C/C=C\C/C=C\CC(=O)OC(CO)COP(=O)(O)OCC(COC(=O)CCCCCCCCC/C=C\C/C=C\CCCCC)OC(=O)C/C=C\C/C=C\C/C=C\C/C=C\C/C=C\CC. The van der Waals surface area contributed by atoms with Gasteiger partial charge in [0, 0.05) is 6.42 Å². The summed E-state index contributed by atoms with van der Waals surface area (Å²) in [5, 5.41) is 9.78. The first-order chi connectivity index (χ1) is 36.2. The number of ether oxygens (including phenoxy) is 3. The molecule has 0 aliphatic carbocycles. The second-order valence-corrected chi connectivity index (χ2v) is 19.1. The van der Waals surface area contributed by atoms with Crippen LogP contribution in [0.2, 0.25) is 0 Å². The van der Waals surface area contributed by atoms with E-state index in [1.807, 2.05) is 36.5 Å². The van der Waals surface area contributed by atoms with E-state index in [1.54, 1.807) is 12.2 Å². The van der Waals surface area contributed by atoms with Crippen LogP contribution in [0, 0.1) is 0 Å². The molecule has 11 nitrogen and oxygen atoms in total. The number of esters is 3. The fourth-order valence-electron chi connectivity index (χ4n) is 6.65. The molecule has 0 aliphatic rings. The minimum Gasteiger partial charge on any atom is -0.462 e. The zero-order valence-corrected chi connectivity index (χ0v) is 46.6. The molecule has 0 amide bonds. The predicted octanol–water partition coefficient (Wildman–Crippen LogP) is 16.4. The second-order valence-electron chi connectivity index (χ2n) is 17.7. The molecule has 0 aromatic rings. The summed E-state index contributed by atoms with van der Waals surface area (Å²) in [4.78, 5) is 48.4. The molecule has 0 radical (unpaired) electrons. The number of hydrogen-bond donors (Lipinski definition) is 2. The molecule has 0 saturated heterocycles. The zero-order chi connectivity index (χ0) is 54.1. The Kier molecular flexibility index (Phi) is 51.2. The third-order valence-electron chi connectivity index (χ3n) is 10.8. The topological polar surface area (TPSA) is 155 Å². The van der Waals surface area contributed by atoms with Crippen LogP contribution < -0.4 is 0 Å². The van der Waals surface area contributed by atoms with Gasteiger partial charge >= 0.3 is 25.7 Å². The van der Waals surface area contributed by atoms with Crippen LogP contribution in [-0.2, 0) is 42.2 Å². The maximum atomic E-state index is 12.9. The molecule has 0 aromatic carbocycles. The first-order valence-corrected chi connectivity index (χ1v) is 29.2. The summed E-state index contributed by atoms with van der Waals surface area (Å²) in [5.74, 6) is -1.78. The van der Waals surface area contributed by atoms with Crippen LogP contribution >= 0.6 is 7.82 Å². The molecule has 0 fully saturated rings. The molecule has 12 heteroatoms. The second kappa shape index (κ2) is 54.6. The number of phosphoric ester groups is 1. The molecule has 3 atom stereocenters. The van der Waals surface area contributed by atoms with Gasteiger partial charge in [0.05, 0.1) is 32.7 Å². The first kappa shape index (κ1) is 69.4. The Morgan fingerprint density at radius 2 is 0.743 bits per heavy atom. The average Bonchev–Trinajstić information content (AvgIpc) is 3.39. The van der Waals surface area contributed by atoms with Gasteiger partial charge in [-0.1, -0.05) is 212 Å². The fourth-order valence-corrected chi connectivity index (χ4v) is 7.44. The number of carbonyl (C=O) groups is 3. The lowest BCUT2D eigenvalue weighted by atomic mass is 10.1. The van der Waals surface area contributed by atoms with Crippen molar-refractivity contribution in [3.63, 3.8) is 0 Å². The van der Waals surface area contributed by atoms with E-state index in [4.69, 9.17) is 23.3 Å².